The zero-order valence-corrected chi connectivity index (χ0v) is 18.6. The maximum absolute atomic E-state index is 13.5. The Balaban J connectivity index is 1.74. The number of carbonyl (C=O) groups excluding carboxylic acids is 2. The monoisotopic (exact) mass is 425 g/mol. The van der Waals surface area contributed by atoms with E-state index < -0.39 is 0 Å². The van der Waals surface area contributed by atoms with E-state index in [4.69, 9.17) is 0 Å². The van der Waals surface area contributed by atoms with E-state index in [1.165, 1.54) is 4.90 Å². The van der Waals surface area contributed by atoms with E-state index in [0.29, 0.717) is 22.5 Å². The summed E-state index contributed by atoms with van der Waals surface area (Å²) >= 11 is 0. The van der Waals surface area contributed by atoms with Crippen molar-refractivity contribution in [1.29, 1.82) is 0 Å². The third-order valence-electron chi connectivity index (χ3n) is 5.67. The van der Waals surface area contributed by atoms with Crippen LogP contribution in [0.5, 0.6) is 0 Å². The number of hydrogen-bond acceptors (Lipinski definition) is 4. The highest BCUT2D eigenvalue weighted by Gasteiger charge is 2.40. The van der Waals surface area contributed by atoms with E-state index in [1.807, 2.05) is 85.8 Å². The van der Waals surface area contributed by atoms with Gasteiger partial charge in [-0.25, -0.2) is 4.90 Å². The minimum atomic E-state index is -0.356. The second kappa shape index (κ2) is 9.10. The summed E-state index contributed by atoms with van der Waals surface area (Å²) in [7, 11) is 0. The topological polar surface area (TPSA) is 52.6 Å². The molecule has 5 nitrogen and oxygen atoms in total. The van der Waals surface area contributed by atoms with Gasteiger partial charge in [0.2, 0.25) is 0 Å². The Hall–Kier alpha value is -3.86. The fraction of sp³-hybridized carbons (Fsp3) is 0.185. The van der Waals surface area contributed by atoms with Crippen LogP contribution >= 0.6 is 0 Å². The molecule has 0 atom stereocenters. The molecule has 3 aromatic carbocycles. The molecule has 0 radical (unpaired) electrons. The lowest BCUT2D eigenvalue weighted by Gasteiger charge is -2.22. The number of anilines is 3. The largest absolute Gasteiger partial charge is 0.372 e. The molecule has 0 saturated carbocycles. The van der Waals surface area contributed by atoms with E-state index in [1.54, 1.807) is 0 Å². The average Bonchev–Trinajstić information content (AvgIpc) is 3.05. The number of benzene rings is 3. The van der Waals surface area contributed by atoms with E-state index in [9.17, 15) is 9.59 Å². The summed E-state index contributed by atoms with van der Waals surface area (Å²) in [6.07, 6.45) is 0. The molecule has 1 aliphatic rings. The molecule has 0 spiro atoms. The van der Waals surface area contributed by atoms with Gasteiger partial charge in [-0.15, -0.1) is 0 Å². The fourth-order valence-corrected chi connectivity index (χ4v) is 4.02. The predicted molar refractivity (Wildman–Crippen MR) is 131 cm³/mol. The molecule has 5 heteroatoms. The Morgan fingerprint density at radius 3 is 2.12 bits per heavy atom. The van der Waals surface area contributed by atoms with Crippen molar-refractivity contribution in [2.75, 3.05) is 28.2 Å². The van der Waals surface area contributed by atoms with Crippen LogP contribution in [0.1, 0.15) is 25.0 Å². The van der Waals surface area contributed by atoms with Crippen molar-refractivity contribution in [2.24, 2.45) is 0 Å². The summed E-state index contributed by atoms with van der Waals surface area (Å²) in [5.41, 5.74) is 4.84. The third kappa shape index (κ3) is 4.02. The Morgan fingerprint density at radius 2 is 1.50 bits per heavy atom. The summed E-state index contributed by atoms with van der Waals surface area (Å²) < 4.78 is 0. The number of nitrogens with zero attached hydrogens (tertiary/aromatic N) is 2. The van der Waals surface area contributed by atoms with Crippen molar-refractivity contribution in [3.63, 3.8) is 0 Å². The maximum atomic E-state index is 13.5. The fourth-order valence-electron chi connectivity index (χ4n) is 4.02. The molecule has 0 unspecified atom stereocenters. The minimum absolute atomic E-state index is 0.291. The molecule has 0 fully saturated rings. The van der Waals surface area contributed by atoms with Gasteiger partial charge in [-0.3, -0.25) is 9.59 Å². The Morgan fingerprint density at radius 1 is 0.812 bits per heavy atom. The van der Waals surface area contributed by atoms with Gasteiger partial charge in [0.05, 0.1) is 11.3 Å². The van der Waals surface area contributed by atoms with Crippen molar-refractivity contribution < 1.29 is 9.59 Å². The number of rotatable bonds is 7. The van der Waals surface area contributed by atoms with E-state index in [0.717, 1.165) is 30.0 Å². The van der Waals surface area contributed by atoms with Gasteiger partial charge in [-0.2, -0.15) is 0 Å². The van der Waals surface area contributed by atoms with Gasteiger partial charge in [0.25, 0.3) is 11.8 Å². The van der Waals surface area contributed by atoms with Crippen molar-refractivity contribution in [1.82, 2.24) is 0 Å². The van der Waals surface area contributed by atoms with Crippen molar-refractivity contribution in [2.45, 2.75) is 20.8 Å². The van der Waals surface area contributed by atoms with Gasteiger partial charge in [-0.1, -0.05) is 42.5 Å². The molecule has 1 heterocycles. The highest BCUT2D eigenvalue weighted by molar-refractivity contribution is 6.46. The van der Waals surface area contributed by atoms with Gasteiger partial charge in [-0.05, 0) is 68.3 Å². The average molecular weight is 426 g/mol. The number of aryl methyl sites for hydroxylation is 1. The van der Waals surface area contributed by atoms with Gasteiger partial charge >= 0.3 is 0 Å². The molecule has 1 aliphatic heterocycles. The highest BCUT2D eigenvalue weighted by Crippen LogP contribution is 2.34. The number of amides is 2. The van der Waals surface area contributed by atoms with Crippen LogP contribution in [-0.2, 0) is 9.59 Å². The molecule has 1 N–H and O–H groups in total. The standard InChI is InChI=1S/C27H27N3O2/c1-4-29(5-2)22-14-16-23(17-15-22)30-26(31)24(20-11-7-6-8-12-20)25(27(30)32)28-21-13-9-10-19(3)18-21/h6-18,28H,4-5H2,1-3H3. The summed E-state index contributed by atoms with van der Waals surface area (Å²) in [5.74, 6) is -0.683. The number of imide groups is 1. The first-order chi connectivity index (χ1) is 15.5. The van der Waals surface area contributed by atoms with Crippen molar-refractivity contribution >= 4 is 34.4 Å². The molecule has 0 aromatic heterocycles. The van der Waals surface area contributed by atoms with Gasteiger partial charge in [0.1, 0.15) is 5.70 Å². The van der Waals surface area contributed by atoms with Crippen LogP contribution in [0.2, 0.25) is 0 Å². The third-order valence-corrected chi connectivity index (χ3v) is 5.67. The first kappa shape index (κ1) is 21.4. The van der Waals surface area contributed by atoms with E-state index in [2.05, 4.69) is 24.1 Å². The van der Waals surface area contributed by atoms with Crippen LogP contribution in [0, 0.1) is 6.92 Å². The number of hydrogen-bond donors (Lipinski definition) is 1. The van der Waals surface area contributed by atoms with Crippen LogP contribution in [0.3, 0.4) is 0 Å². The number of nitrogens with one attached hydrogen (secondary N) is 1. The van der Waals surface area contributed by atoms with E-state index in [-0.39, 0.29) is 11.8 Å². The zero-order chi connectivity index (χ0) is 22.7. The highest BCUT2D eigenvalue weighted by atomic mass is 16.2. The van der Waals surface area contributed by atoms with Crippen molar-refractivity contribution in [3.8, 4) is 0 Å². The van der Waals surface area contributed by atoms with Crippen LogP contribution in [0.25, 0.3) is 5.57 Å². The number of carbonyl (C=O) groups is 2. The van der Waals surface area contributed by atoms with Crippen molar-refractivity contribution in [3.05, 3.63) is 95.7 Å². The summed E-state index contributed by atoms with van der Waals surface area (Å²) in [5, 5.41) is 3.22. The van der Waals surface area contributed by atoms with Crippen LogP contribution in [-0.4, -0.2) is 24.9 Å². The lowest BCUT2D eigenvalue weighted by atomic mass is 10.0. The first-order valence-electron chi connectivity index (χ1n) is 10.9. The second-order valence-electron chi connectivity index (χ2n) is 7.74. The maximum Gasteiger partial charge on any atom is 0.282 e. The molecule has 0 bridgehead atoms. The summed E-state index contributed by atoms with van der Waals surface area (Å²) in [4.78, 5) is 30.5. The Bertz CT molecular complexity index is 1160. The zero-order valence-electron chi connectivity index (χ0n) is 18.6. The minimum Gasteiger partial charge on any atom is -0.372 e. The summed E-state index contributed by atoms with van der Waals surface area (Å²) in [6, 6.07) is 24.7. The molecule has 4 rings (SSSR count). The predicted octanol–water partition coefficient (Wildman–Crippen LogP) is 5.24. The quantitative estimate of drug-likeness (QED) is 0.526. The second-order valence-corrected chi connectivity index (χ2v) is 7.74. The SMILES string of the molecule is CCN(CC)c1ccc(N2C(=O)C(Nc3cccc(C)c3)=C(c3ccccc3)C2=O)cc1. The van der Waals surface area contributed by atoms with Gasteiger partial charge in [0.15, 0.2) is 0 Å². The van der Waals surface area contributed by atoms with E-state index >= 15 is 0 Å². The van der Waals surface area contributed by atoms with Gasteiger partial charge < -0.3 is 10.2 Å². The smallest absolute Gasteiger partial charge is 0.282 e. The molecular formula is C27H27N3O2. The van der Waals surface area contributed by atoms with Crippen LogP contribution in [0.15, 0.2) is 84.6 Å². The molecule has 0 saturated heterocycles. The lowest BCUT2D eigenvalue weighted by Crippen LogP contribution is -2.32. The Labute approximate surface area is 189 Å². The summed E-state index contributed by atoms with van der Waals surface area (Å²) in [6.45, 7) is 7.97. The van der Waals surface area contributed by atoms with Crippen LogP contribution < -0.4 is 15.1 Å². The van der Waals surface area contributed by atoms with Crippen LogP contribution in [0.4, 0.5) is 17.1 Å². The van der Waals surface area contributed by atoms with Gasteiger partial charge in [0, 0.05) is 24.5 Å². The normalized spacial score (nSPS) is 13.7. The molecule has 2 amide bonds. The lowest BCUT2D eigenvalue weighted by molar-refractivity contribution is -0.120. The Kier molecular flexibility index (Phi) is 6.08. The molecular weight excluding hydrogens is 398 g/mol. The molecule has 0 aliphatic carbocycles. The first-order valence-corrected chi connectivity index (χ1v) is 10.9. The molecule has 32 heavy (non-hydrogen) atoms. The molecule has 162 valence electrons. The molecule has 3 aromatic rings.